The summed E-state index contributed by atoms with van der Waals surface area (Å²) < 4.78 is 0. The van der Waals surface area contributed by atoms with E-state index >= 15 is 0 Å². The monoisotopic (exact) mass is 255 g/mol. The molecule has 0 radical (unpaired) electrons. The van der Waals surface area contributed by atoms with Crippen molar-refractivity contribution >= 4 is 17.4 Å². The molecular formula is C15H17N3O. The molecule has 0 aliphatic rings. The van der Waals surface area contributed by atoms with Gasteiger partial charge in [-0.3, -0.25) is 4.79 Å². The topological polar surface area (TPSA) is 68.0 Å². The summed E-state index contributed by atoms with van der Waals surface area (Å²) in [7, 11) is 0. The molecule has 0 aliphatic heterocycles. The van der Waals surface area contributed by atoms with E-state index in [4.69, 9.17) is 5.73 Å². The highest BCUT2D eigenvalue weighted by Crippen LogP contribution is 2.10. The largest absolute Gasteiger partial charge is 0.384 e. The molecule has 1 amide bonds. The Labute approximate surface area is 112 Å². The molecule has 0 aliphatic carbocycles. The summed E-state index contributed by atoms with van der Waals surface area (Å²) >= 11 is 0. The fourth-order valence-corrected chi connectivity index (χ4v) is 1.83. The summed E-state index contributed by atoms with van der Waals surface area (Å²) in [6.45, 7) is 2.05. The van der Waals surface area contributed by atoms with E-state index in [-0.39, 0.29) is 5.91 Å². The van der Waals surface area contributed by atoms with Gasteiger partial charge >= 0.3 is 0 Å². The maximum atomic E-state index is 11.8. The van der Waals surface area contributed by atoms with Crippen LogP contribution >= 0.6 is 0 Å². The fraction of sp³-hybridized carbons (Fsp3) is 0.200. The highest BCUT2D eigenvalue weighted by atomic mass is 16.1. The third-order valence-corrected chi connectivity index (χ3v) is 2.79. The normalized spacial score (nSPS) is 10.2. The molecule has 0 spiro atoms. The van der Waals surface area contributed by atoms with E-state index in [2.05, 4.69) is 16.4 Å². The number of nitrogens with zero attached hydrogens (tertiary/aromatic N) is 1. The Kier molecular flexibility index (Phi) is 4.13. The second kappa shape index (κ2) is 6.00. The zero-order valence-corrected chi connectivity index (χ0v) is 10.9. The maximum absolute atomic E-state index is 11.8. The van der Waals surface area contributed by atoms with Gasteiger partial charge in [-0.15, -0.1) is 0 Å². The van der Waals surface area contributed by atoms with Crippen LogP contribution in [0.15, 0.2) is 42.6 Å². The Morgan fingerprint density at radius 3 is 2.84 bits per heavy atom. The van der Waals surface area contributed by atoms with Crippen molar-refractivity contribution in [3.05, 3.63) is 53.7 Å². The van der Waals surface area contributed by atoms with Crippen molar-refractivity contribution in [3.8, 4) is 0 Å². The Bertz CT molecular complexity index is 564. The van der Waals surface area contributed by atoms with Crippen LogP contribution in [0.4, 0.5) is 11.5 Å². The first kappa shape index (κ1) is 13.1. The predicted octanol–water partition coefficient (Wildman–Crippen LogP) is 2.54. The molecule has 98 valence electrons. The van der Waals surface area contributed by atoms with Gasteiger partial charge in [0.2, 0.25) is 5.91 Å². The van der Waals surface area contributed by atoms with E-state index in [0.717, 1.165) is 6.42 Å². The van der Waals surface area contributed by atoms with Gasteiger partial charge in [0.1, 0.15) is 5.82 Å². The molecule has 0 bridgehead atoms. The third kappa shape index (κ3) is 4.10. The predicted molar refractivity (Wildman–Crippen MR) is 76.8 cm³/mol. The number of nitrogens with one attached hydrogen (secondary N) is 1. The Hall–Kier alpha value is -2.36. The van der Waals surface area contributed by atoms with E-state index in [1.807, 2.05) is 25.1 Å². The first-order chi connectivity index (χ1) is 9.13. The summed E-state index contributed by atoms with van der Waals surface area (Å²) in [4.78, 5) is 15.7. The lowest BCUT2D eigenvalue weighted by atomic mass is 10.1. The Morgan fingerprint density at radius 2 is 2.16 bits per heavy atom. The van der Waals surface area contributed by atoms with E-state index in [1.54, 1.807) is 18.3 Å². The van der Waals surface area contributed by atoms with Gasteiger partial charge in [0, 0.05) is 6.42 Å². The second-order valence-corrected chi connectivity index (χ2v) is 4.51. The van der Waals surface area contributed by atoms with Crippen molar-refractivity contribution in [2.24, 2.45) is 0 Å². The number of benzene rings is 1. The molecule has 0 atom stereocenters. The van der Waals surface area contributed by atoms with Gasteiger partial charge in [-0.2, -0.15) is 0 Å². The number of nitrogens with two attached hydrogens (primary N) is 1. The number of aromatic nitrogens is 1. The fourth-order valence-electron chi connectivity index (χ4n) is 1.83. The van der Waals surface area contributed by atoms with Crippen LogP contribution < -0.4 is 11.1 Å². The summed E-state index contributed by atoms with van der Waals surface area (Å²) in [5.74, 6) is 0.422. The van der Waals surface area contributed by atoms with Gasteiger partial charge in [-0.1, -0.05) is 29.8 Å². The minimum atomic E-state index is -0.0203. The van der Waals surface area contributed by atoms with Gasteiger partial charge in [-0.05, 0) is 31.0 Å². The van der Waals surface area contributed by atoms with Crippen LogP contribution in [0.2, 0.25) is 0 Å². The van der Waals surface area contributed by atoms with Crippen molar-refractivity contribution in [2.45, 2.75) is 19.8 Å². The number of carbonyl (C=O) groups excluding carboxylic acids is 1. The standard InChI is InChI=1S/C15H17N3O/c1-11-3-2-4-12(9-11)5-8-15(19)18-13-6-7-14(16)17-10-13/h2-4,6-7,9-10H,5,8H2,1H3,(H2,16,17)(H,18,19). The first-order valence-corrected chi connectivity index (χ1v) is 6.20. The molecular weight excluding hydrogens is 238 g/mol. The number of amides is 1. The van der Waals surface area contributed by atoms with E-state index in [0.29, 0.717) is 17.9 Å². The van der Waals surface area contributed by atoms with E-state index in [1.165, 1.54) is 11.1 Å². The minimum absolute atomic E-state index is 0.0203. The molecule has 0 unspecified atom stereocenters. The van der Waals surface area contributed by atoms with Crippen molar-refractivity contribution in [3.63, 3.8) is 0 Å². The zero-order valence-electron chi connectivity index (χ0n) is 10.9. The molecule has 4 heteroatoms. The molecule has 0 saturated carbocycles. The minimum Gasteiger partial charge on any atom is -0.384 e. The zero-order chi connectivity index (χ0) is 13.7. The van der Waals surface area contributed by atoms with Gasteiger partial charge in [0.25, 0.3) is 0 Å². The molecule has 0 fully saturated rings. The van der Waals surface area contributed by atoms with Gasteiger partial charge < -0.3 is 11.1 Å². The first-order valence-electron chi connectivity index (χ1n) is 6.20. The smallest absolute Gasteiger partial charge is 0.224 e. The molecule has 3 N–H and O–H groups in total. The number of hydrogen-bond acceptors (Lipinski definition) is 3. The van der Waals surface area contributed by atoms with Crippen molar-refractivity contribution in [1.29, 1.82) is 0 Å². The molecule has 4 nitrogen and oxygen atoms in total. The summed E-state index contributed by atoms with van der Waals surface area (Å²) in [5.41, 5.74) is 8.53. The van der Waals surface area contributed by atoms with Crippen LogP contribution in [0.1, 0.15) is 17.5 Å². The van der Waals surface area contributed by atoms with Crippen LogP contribution in [-0.4, -0.2) is 10.9 Å². The summed E-state index contributed by atoms with van der Waals surface area (Å²) in [6.07, 6.45) is 2.74. The van der Waals surface area contributed by atoms with Crippen LogP contribution in [0.3, 0.4) is 0 Å². The average molecular weight is 255 g/mol. The maximum Gasteiger partial charge on any atom is 0.224 e. The van der Waals surface area contributed by atoms with E-state index < -0.39 is 0 Å². The number of anilines is 2. The number of nitrogen functional groups attached to an aromatic ring is 1. The Balaban J connectivity index is 1.86. The van der Waals surface area contributed by atoms with Gasteiger partial charge in [0.15, 0.2) is 0 Å². The number of pyridine rings is 1. The quantitative estimate of drug-likeness (QED) is 0.882. The SMILES string of the molecule is Cc1cccc(CCC(=O)Nc2ccc(N)nc2)c1. The second-order valence-electron chi connectivity index (χ2n) is 4.51. The lowest BCUT2D eigenvalue weighted by Gasteiger charge is -2.05. The van der Waals surface area contributed by atoms with Crippen LogP contribution in [0.5, 0.6) is 0 Å². The molecule has 19 heavy (non-hydrogen) atoms. The molecule has 1 aromatic carbocycles. The van der Waals surface area contributed by atoms with Crippen molar-refractivity contribution < 1.29 is 4.79 Å². The van der Waals surface area contributed by atoms with Crippen molar-refractivity contribution in [2.75, 3.05) is 11.1 Å². The molecule has 1 heterocycles. The van der Waals surface area contributed by atoms with Crippen LogP contribution in [0, 0.1) is 6.92 Å². The summed E-state index contributed by atoms with van der Waals surface area (Å²) in [6, 6.07) is 11.6. The van der Waals surface area contributed by atoms with Gasteiger partial charge in [-0.25, -0.2) is 4.98 Å². The molecule has 1 aromatic heterocycles. The summed E-state index contributed by atoms with van der Waals surface area (Å²) in [5, 5.41) is 2.80. The highest BCUT2D eigenvalue weighted by molar-refractivity contribution is 5.90. The number of hydrogen-bond donors (Lipinski definition) is 2. The molecule has 2 aromatic rings. The van der Waals surface area contributed by atoms with Gasteiger partial charge in [0.05, 0.1) is 11.9 Å². The lowest BCUT2D eigenvalue weighted by molar-refractivity contribution is -0.116. The highest BCUT2D eigenvalue weighted by Gasteiger charge is 2.03. The number of rotatable bonds is 4. The number of aryl methyl sites for hydroxylation is 2. The Morgan fingerprint density at radius 1 is 1.32 bits per heavy atom. The van der Waals surface area contributed by atoms with Crippen LogP contribution in [-0.2, 0) is 11.2 Å². The molecule has 0 saturated heterocycles. The van der Waals surface area contributed by atoms with Crippen molar-refractivity contribution in [1.82, 2.24) is 4.98 Å². The molecule has 2 rings (SSSR count). The third-order valence-electron chi connectivity index (χ3n) is 2.79. The number of carbonyl (C=O) groups is 1. The lowest BCUT2D eigenvalue weighted by Crippen LogP contribution is -2.12. The average Bonchev–Trinajstić information content (AvgIpc) is 2.39. The van der Waals surface area contributed by atoms with Crippen LogP contribution in [0.25, 0.3) is 0 Å². The van der Waals surface area contributed by atoms with E-state index in [9.17, 15) is 4.79 Å².